The van der Waals surface area contributed by atoms with Gasteiger partial charge in [-0.15, -0.1) is 0 Å². The molecule has 1 aliphatic heterocycles. The van der Waals surface area contributed by atoms with Gasteiger partial charge in [0.05, 0.1) is 6.10 Å². The number of piperidine rings is 1. The molecule has 0 radical (unpaired) electrons. The summed E-state index contributed by atoms with van der Waals surface area (Å²) >= 11 is 0. The molecule has 1 aliphatic carbocycles. The van der Waals surface area contributed by atoms with Crippen LogP contribution in [-0.2, 0) is 0 Å². The molecular formula is C12H23NO. The van der Waals surface area contributed by atoms with E-state index in [1.54, 1.807) is 0 Å². The summed E-state index contributed by atoms with van der Waals surface area (Å²) in [4.78, 5) is 2.56. The minimum absolute atomic E-state index is 0.0800. The van der Waals surface area contributed by atoms with Crippen molar-refractivity contribution in [3.05, 3.63) is 0 Å². The summed E-state index contributed by atoms with van der Waals surface area (Å²) in [5.41, 5.74) is 0.314. The lowest BCUT2D eigenvalue weighted by Crippen LogP contribution is -2.55. The Labute approximate surface area is 87.3 Å². The SMILES string of the molecule is CC1(C)CCC(O)CN1C1CCCC1. The zero-order valence-electron chi connectivity index (χ0n) is 9.50. The number of aliphatic hydroxyl groups excluding tert-OH is 1. The Hall–Kier alpha value is -0.0800. The quantitative estimate of drug-likeness (QED) is 0.696. The van der Waals surface area contributed by atoms with Crippen molar-refractivity contribution in [2.45, 2.75) is 70.1 Å². The predicted molar refractivity (Wildman–Crippen MR) is 58.3 cm³/mol. The van der Waals surface area contributed by atoms with Crippen LogP contribution in [0.2, 0.25) is 0 Å². The van der Waals surface area contributed by atoms with Crippen LogP contribution >= 0.6 is 0 Å². The Morgan fingerprint density at radius 3 is 2.43 bits per heavy atom. The van der Waals surface area contributed by atoms with E-state index < -0.39 is 0 Å². The van der Waals surface area contributed by atoms with E-state index in [0.29, 0.717) is 5.54 Å². The highest BCUT2D eigenvalue weighted by molar-refractivity contribution is 4.93. The average molecular weight is 197 g/mol. The molecule has 0 amide bonds. The van der Waals surface area contributed by atoms with Crippen molar-refractivity contribution in [2.75, 3.05) is 6.54 Å². The van der Waals surface area contributed by atoms with Crippen LogP contribution in [0.5, 0.6) is 0 Å². The lowest BCUT2D eigenvalue weighted by molar-refractivity contribution is -0.0297. The molecule has 14 heavy (non-hydrogen) atoms. The zero-order chi connectivity index (χ0) is 10.2. The van der Waals surface area contributed by atoms with Crippen molar-refractivity contribution < 1.29 is 5.11 Å². The minimum atomic E-state index is -0.0800. The second-order valence-corrected chi connectivity index (χ2v) is 5.60. The van der Waals surface area contributed by atoms with Crippen molar-refractivity contribution in [1.29, 1.82) is 0 Å². The largest absolute Gasteiger partial charge is 0.392 e. The molecule has 2 nitrogen and oxygen atoms in total. The summed E-state index contributed by atoms with van der Waals surface area (Å²) in [6, 6.07) is 0.750. The van der Waals surface area contributed by atoms with Crippen molar-refractivity contribution >= 4 is 0 Å². The van der Waals surface area contributed by atoms with Crippen LogP contribution in [0.4, 0.5) is 0 Å². The molecule has 1 saturated carbocycles. The first-order valence-electron chi connectivity index (χ1n) is 6.04. The molecule has 0 aromatic carbocycles. The predicted octanol–water partition coefficient (Wildman–Crippen LogP) is 2.16. The van der Waals surface area contributed by atoms with Gasteiger partial charge in [0.1, 0.15) is 0 Å². The number of rotatable bonds is 1. The van der Waals surface area contributed by atoms with Crippen molar-refractivity contribution in [3.8, 4) is 0 Å². The van der Waals surface area contributed by atoms with E-state index in [2.05, 4.69) is 18.7 Å². The summed E-state index contributed by atoms with van der Waals surface area (Å²) in [5, 5.41) is 9.73. The first kappa shape index (κ1) is 10.4. The second-order valence-electron chi connectivity index (χ2n) is 5.60. The highest BCUT2D eigenvalue weighted by Gasteiger charge is 2.38. The maximum Gasteiger partial charge on any atom is 0.0668 e. The molecule has 2 heteroatoms. The highest BCUT2D eigenvalue weighted by Crippen LogP contribution is 2.35. The molecule has 1 unspecified atom stereocenters. The second kappa shape index (κ2) is 3.82. The van der Waals surface area contributed by atoms with E-state index in [1.807, 2.05) is 0 Å². The van der Waals surface area contributed by atoms with E-state index in [0.717, 1.165) is 25.4 Å². The topological polar surface area (TPSA) is 23.5 Å². The first-order valence-corrected chi connectivity index (χ1v) is 6.04. The van der Waals surface area contributed by atoms with Gasteiger partial charge in [-0.05, 0) is 39.5 Å². The number of aliphatic hydroxyl groups is 1. The third kappa shape index (κ3) is 1.96. The molecule has 2 rings (SSSR count). The summed E-state index contributed by atoms with van der Waals surface area (Å²) in [6.45, 7) is 5.56. The van der Waals surface area contributed by atoms with Gasteiger partial charge in [0, 0.05) is 18.1 Å². The van der Waals surface area contributed by atoms with E-state index in [-0.39, 0.29) is 6.10 Å². The van der Waals surface area contributed by atoms with E-state index in [9.17, 15) is 5.11 Å². The Balaban J connectivity index is 2.05. The first-order chi connectivity index (χ1) is 6.59. The fourth-order valence-corrected chi connectivity index (χ4v) is 3.09. The Kier molecular flexibility index (Phi) is 2.85. The molecule has 1 N–H and O–H groups in total. The van der Waals surface area contributed by atoms with Gasteiger partial charge >= 0.3 is 0 Å². The van der Waals surface area contributed by atoms with Crippen molar-refractivity contribution in [1.82, 2.24) is 4.90 Å². The van der Waals surface area contributed by atoms with Gasteiger partial charge in [0.15, 0.2) is 0 Å². The fourth-order valence-electron chi connectivity index (χ4n) is 3.09. The molecule has 1 saturated heterocycles. The Bertz CT molecular complexity index is 196. The Morgan fingerprint density at radius 1 is 1.14 bits per heavy atom. The maximum atomic E-state index is 9.73. The summed E-state index contributed by atoms with van der Waals surface area (Å²) in [5.74, 6) is 0. The summed E-state index contributed by atoms with van der Waals surface area (Å²) < 4.78 is 0. The van der Waals surface area contributed by atoms with Crippen molar-refractivity contribution in [3.63, 3.8) is 0 Å². The molecule has 82 valence electrons. The van der Waals surface area contributed by atoms with Crippen LogP contribution in [0.1, 0.15) is 52.4 Å². The molecule has 0 aromatic rings. The van der Waals surface area contributed by atoms with Crippen LogP contribution in [0.15, 0.2) is 0 Å². The smallest absolute Gasteiger partial charge is 0.0668 e. The monoisotopic (exact) mass is 197 g/mol. The third-order valence-electron chi connectivity index (χ3n) is 4.04. The number of nitrogens with zero attached hydrogens (tertiary/aromatic N) is 1. The average Bonchev–Trinajstić information content (AvgIpc) is 2.62. The third-order valence-corrected chi connectivity index (χ3v) is 4.04. The van der Waals surface area contributed by atoms with E-state index in [4.69, 9.17) is 0 Å². The fraction of sp³-hybridized carbons (Fsp3) is 1.00. The summed E-state index contributed by atoms with van der Waals surface area (Å²) in [6.07, 6.45) is 7.50. The van der Waals surface area contributed by atoms with Crippen LogP contribution < -0.4 is 0 Å². The number of hydrogen-bond donors (Lipinski definition) is 1. The molecule has 0 spiro atoms. The molecular weight excluding hydrogens is 174 g/mol. The molecule has 0 bridgehead atoms. The van der Waals surface area contributed by atoms with Gasteiger partial charge in [0.25, 0.3) is 0 Å². The van der Waals surface area contributed by atoms with E-state index in [1.165, 1.54) is 25.7 Å². The minimum Gasteiger partial charge on any atom is -0.392 e. The number of β-amino-alcohol motifs (C(OH)–C–C–N with tert-alkyl or cyclic N) is 1. The van der Waals surface area contributed by atoms with Gasteiger partial charge in [-0.25, -0.2) is 0 Å². The van der Waals surface area contributed by atoms with Gasteiger partial charge in [-0.2, -0.15) is 0 Å². The van der Waals surface area contributed by atoms with Gasteiger partial charge in [-0.1, -0.05) is 12.8 Å². The van der Waals surface area contributed by atoms with Crippen molar-refractivity contribution in [2.24, 2.45) is 0 Å². The van der Waals surface area contributed by atoms with Gasteiger partial charge in [0.2, 0.25) is 0 Å². The van der Waals surface area contributed by atoms with Gasteiger partial charge < -0.3 is 5.11 Å². The standard InChI is InChI=1S/C12H23NO/c1-12(2)8-7-11(14)9-13(12)10-5-3-4-6-10/h10-11,14H,3-9H2,1-2H3. The molecule has 1 heterocycles. The lowest BCUT2D eigenvalue weighted by atomic mass is 9.87. The van der Waals surface area contributed by atoms with E-state index >= 15 is 0 Å². The zero-order valence-corrected chi connectivity index (χ0v) is 9.50. The van der Waals surface area contributed by atoms with Crippen LogP contribution in [-0.4, -0.2) is 34.2 Å². The normalized spacial score (nSPS) is 34.9. The Morgan fingerprint density at radius 2 is 1.79 bits per heavy atom. The molecule has 1 atom stereocenters. The maximum absolute atomic E-state index is 9.73. The number of likely N-dealkylation sites (tertiary alicyclic amines) is 1. The number of hydrogen-bond acceptors (Lipinski definition) is 2. The van der Waals surface area contributed by atoms with Crippen LogP contribution in [0.25, 0.3) is 0 Å². The molecule has 2 aliphatic rings. The van der Waals surface area contributed by atoms with Crippen LogP contribution in [0.3, 0.4) is 0 Å². The molecule has 0 aromatic heterocycles. The lowest BCUT2D eigenvalue weighted by Gasteiger charge is -2.47. The summed E-state index contributed by atoms with van der Waals surface area (Å²) in [7, 11) is 0. The van der Waals surface area contributed by atoms with Gasteiger partial charge in [-0.3, -0.25) is 4.90 Å². The van der Waals surface area contributed by atoms with Crippen LogP contribution in [0, 0.1) is 0 Å². The molecule has 2 fully saturated rings. The highest BCUT2D eigenvalue weighted by atomic mass is 16.3.